The highest BCUT2D eigenvalue weighted by atomic mass is 16.1. The fraction of sp³-hybridized carbons (Fsp3) is 0.278. The Morgan fingerprint density at radius 3 is 1.95 bits per heavy atom. The van der Waals surface area contributed by atoms with Crippen molar-refractivity contribution in [1.29, 1.82) is 0 Å². The number of hydrogen-bond acceptors (Lipinski definition) is 1. The predicted molar refractivity (Wildman–Crippen MR) is 80.0 cm³/mol. The van der Waals surface area contributed by atoms with Crippen molar-refractivity contribution in [2.45, 2.75) is 34.6 Å². The summed E-state index contributed by atoms with van der Waals surface area (Å²) in [7, 11) is 0. The molecule has 0 N–H and O–H groups in total. The molecule has 1 nitrogen and oxygen atoms in total. The lowest BCUT2D eigenvalue weighted by Crippen LogP contribution is -2.09. The molecule has 0 saturated carbocycles. The molecule has 0 amide bonds. The van der Waals surface area contributed by atoms with Gasteiger partial charge in [-0.15, -0.1) is 0 Å². The number of ketones is 1. The second kappa shape index (κ2) is 5.00. The smallest absolute Gasteiger partial charge is 0.193 e. The number of carbonyl (C=O) groups is 1. The van der Waals surface area contributed by atoms with Gasteiger partial charge in [0.05, 0.1) is 0 Å². The van der Waals surface area contributed by atoms with Gasteiger partial charge in [-0.3, -0.25) is 4.79 Å². The first kappa shape index (κ1) is 13.5. The van der Waals surface area contributed by atoms with Crippen molar-refractivity contribution in [2.75, 3.05) is 0 Å². The molecule has 19 heavy (non-hydrogen) atoms. The van der Waals surface area contributed by atoms with Crippen molar-refractivity contribution >= 4 is 5.78 Å². The Morgan fingerprint density at radius 2 is 1.42 bits per heavy atom. The van der Waals surface area contributed by atoms with Crippen molar-refractivity contribution < 1.29 is 4.79 Å². The molecule has 0 spiro atoms. The predicted octanol–water partition coefficient (Wildman–Crippen LogP) is 4.46. The second-order valence-electron chi connectivity index (χ2n) is 5.33. The fourth-order valence-corrected chi connectivity index (χ4v) is 2.49. The van der Waals surface area contributed by atoms with Crippen LogP contribution < -0.4 is 0 Å². The van der Waals surface area contributed by atoms with Gasteiger partial charge in [-0.1, -0.05) is 29.8 Å². The number of hydrogen-bond donors (Lipinski definition) is 0. The lowest BCUT2D eigenvalue weighted by Gasteiger charge is -2.14. The Balaban J connectivity index is 2.62. The van der Waals surface area contributed by atoms with E-state index in [-0.39, 0.29) is 5.78 Å². The van der Waals surface area contributed by atoms with Gasteiger partial charge in [0.25, 0.3) is 0 Å². The van der Waals surface area contributed by atoms with E-state index in [1.165, 1.54) is 11.1 Å². The lowest BCUT2D eigenvalue weighted by atomic mass is 9.89. The van der Waals surface area contributed by atoms with E-state index in [9.17, 15) is 4.79 Å². The molecule has 0 aliphatic carbocycles. The first-order chi connectivity index (χ1) is 8.91. The average molecular weight is 252 g/mol. The Labute approximate surface area is 115 Å². The van der Waals surface area contributed by atoms with Crippen LogP contribution in [-0.2, 0) is 0 Å². The zero-order valence-electron chi connectivity index (χ0n) is 12.3. The molecule has 0 aliphatic heterocycles. The summed E-state index contributed by atoms with van der Waals surface area (Å²) in [5.74, 6) is 0.130. The van der Waals surface area contributed by atoms with Crippen LogP contribution in [-0.4, -0.2) is 5.78 Å². The summed E-state index contributed by atoms with van der Waals surface area (Å²) in [6.45, 7) is 10.2. The van der Waals surface area contributed by atoms with E-state index in [0.717, 1.165) is 27.8 Å². The van der Waals surface area contributed by atoms with Crippen molar-refractivity contribution in [3.63, 3.8) is 0 Å². The van der Waals surface area contributed by atoms with Crippen LogP contribution in [0.5, 0.6) is 0 Å². The molecule has 0 heterocycles. The molecule has 2 aromatic rings. The van der Waals surface area contributed by atoms with Gasteiger partial charge in [0.15, 0.2) is 5.78 Å². The highest BCUT2D eigenvalue weighted by Gasteiger charge is 2.17. The van der Waals surface area contributed by atoms with Crippen molar-refractivity contribution in [3.05, 3.63) is 69.3 Å². The van der Waals surface area contributed by atoms with E-state index in [4.69, 9.17) is 0 Å². The number of benzene rings is 2. The van der Waals surface area contributed by atoms with Gasteiger partial charge in [-0.05, 0) is 62.9 Å². The normalized spacial score (nSPS) is 10.6. The Kier molecular flexibility index (Phi) is 3.57. The summed E-state index contributed by atoms with van der Waals surface area (Å²) in [5, 5.41) is 0. The summed E-state index contributed by atoms with van der Waals surface area (Å²) >= 11 is 0. The Bertz CT molecular complexity index is 625. The molecule has 0 radical (unpaired) electrons. The van der Waals surface area contributed by atoms with Gasteiger partial charge in [0, 0.05) is 11.1 Å². The molecule has 0 aromatic heterocycles. The van der Waals surface area contributed by atoms with Gasteiger partial charge in [-0.2, -0.15) is 0 Å². The van der Waals surface area contributed by atoms with Crippen LogP contribution in [0.15, 0.2) is 30.3 Å². The van der Waals surface area contributed by atoms with E-state index in [2.05, 4.69) is 19.9 Å². The highest BCUT2D eigenvalue weighted by molar-refractivity contribution is 6.11. The number of aryl methyl sites for hydroxylation is 3. The average Bonchev–Trinajstić information content (AvgIpc) is 2.36. The van der Waals surface area contributed by atoms with E-state index >= 15 is 0 Å². The topological polar surface area (TPSA) is 17.1 Å². The van der Waals surface area contributed by atoms with Crippen LogP contribution in [0.25, 0.3) is 0 Å². The van der Waals surface area contributed by atoms with Crippen LogP contribution in [0.3, 0.4) is 0 Å². The van der Waals surface area contributed by atoms with Crippen molar-refractivity contribution in [3.8, 4) is 0 Å². The quantitative estimate of drug-likeness (QED) is 0.721. The summed E-state index contributed by atoms with van der Waals surface area (Å²) in [6, 6.07) is 9.95. The maximum absolute atomic E-state index is 12.7. The molecule has 98 valence electrons. The summed E-state index contributed by atoms with van der Waals surface area (Å²) in [4.78, 5) is 12.7. The minimum absolute atomic E-state index is 0.130. The van der Waals surface area contributed by atoms with Gasteiger partial charge in [0.1, 0.15) is 0 Å². The third-order valence-electron chi connectivity index (χ3n) is 3.87. The van der Waals surface area contributed by atoms with E-state index in [1.807, 2.05) is 45.0 Å². The zero-order valence-corrected chi connectivity index (χ0v) is 12.3. The molecule has 1 heteroatoms. The molecule has 2 aromatic carbocycles. The highest BCUT2D eigenvalue weighted by Crippen LogP contribution is 2.24. The first-order valence-corrected chi connectivity index (χ1v) is 6.60. The van der Waals surface area contributed by atoms with Gasteiger partial charge >= 0.3 is 0 Å². The molecule has 0 bridgehead atoms. The van der Waals surface area contributed by atoms with E-state index < -0.39 is 0 Å². The van der Waals surface area contributed by atoms with Gasteiger partial charge < -0.3 is 0 Å². The maximum atomic E-state index is 12.7. The molecule has 2 rings (SSSR count). The first-order valence-electron chi connectivity index (χ1n) is 6.60. The summed E-state index contributed by atoms with van der Waals surface area (Å²) in [5.41, 5.74) is 7.30. The largest absolute Gasteiger partial charge is 0.289 e. The fourth-order valence-electron chi connectivity index (χ4n) is 2.49. The molecular formula is C18H20O. The monoisotopic (exact) mass is 252 g/mol. The number of rotatable bonds is 2. The minimum Gasteiger partial charge on any atom is -0.289 e. The Hall–Kier alpha value is -1.89. The molecule has 0 saturated heterocycles. The summed E-state index contributed by atoms with van der Waals surface area (Å²) < 4.78 is 0. The molecule has 0 aliphatic rings. The maximum Gasteiger partial charge on any atom is 0.193 e. The van der Waals surface area contributed by atoms with Crippen molar-refractivity contribution in [2.24, 2.45) is 0 Å². The van der Waals surface area contributed by atoms with Crippen LogP contribution in [0.4, 0.5) is 0 Å². The molecular weight excluding hydrogens is 232 g/mol. The minimum atomic E-state index is 0.130. The lowest BCUT2D eigenvalue weighted by molar-refractivity contribution is 0.103. The second-order valence-corrected chi connectivity index (χ2v) is 5.33. The van der Waals surface area contributed by atoms with Crippen LogP contribution in [0, 0.1) is 34.6 Å². The third-order valence-corrected chi connectivity index (χ3v) is 3.87. The van der Waals surface area contributed by atoms with E-state index in [0.29, 0.717) is 0 Å². The SMILES string of the molecule is Cc1cccc(C(=O)c2c(C)c(C)cc(C)c2C)c1. The van der Waals surface area contributed by atoms with Crippen molar-refractivity contribution in [1.82, 2.24) is 0 Å². The van der Waals surface area contributed by atoms with Crippen LogP contribution in [0.2, 0.25) is 0 Å². The van der Waals surface area contributed by atoms with Crippen LogP contribution in [0.1, 0.15) is 43.7 Å². The molecule has 0 atom stereocenters. The molecule has 0 unspecified atom stereocenters. The Morgan fingerprint density at radius 1 is 0.842 bits per heavy atom. The summed E-state index contributed by atoms with van der Waals surface area (Å²) in [6.07, 6.45) is 0. The van der Waals surface area contributed by atoms with Gasteiger partial charge in [-0.25, -0.2) is 0 Å². The standard InChI is InChI=1S/C18H20O/c1-11-7-6-8-16(9-11)18(19)17-14(4)12(2)10-13(3)15(17)5/h6-10H,1-5H3. The molecule has 0 fully saturated rings. The number of carbonyl (C=O) groups excluding carboxylic acids is 1. The van der Waals surface area contributed by atoms with Gasteiger partial charge in [0.2, 0.25) is 0 Å². The van der Waals surface area contributed by atoms with Crippen LogP contribution >= 0.6 is 0 Å². The van der Waals surface area contributed by atoms with E-state index in [1.54, 1.807) is 0 Å². The zero-order chi connectivity index (χ0) is 14.2. The third kappa shape index (κ3) is 2.46.